The molecular formula is C31H28N4O3S2. The average molecular weight is 569 g/mol. The molecule has 4 aromatic rings. The Kier molecular flexibility index (Phi) is 8.81. The summed E-state index contributed by atoms with van der Waals surface area (Å²) in [7, 11) is 1.56. The van der Waals surface area contributed by atoms with Crippen LogP contribution in [0.3, 0.4) is 0 Å². The summed E-state index contributed by atoms with van der Waals surface area (Å²) in [4.78, 5) is 29.9. The molecule has 9 heteroatoms. The van der Waals surface area contributed by atoms with Gasteiger partial charge >= 0.3 is 0 Å². The number of hydrogen-bond donors (Lipinski definition) is 2. The lowest BCUT2D eigenvalue weighted by molar-refractivity contribution is -0.113. The van der Waals surface area contributed by atoms with Gasteiger partial charge in [0.1, 0.15) is 16.8 Å². The maximum absolute atomic E-state index is 12.9. The molecule has 5 rings (SSSR count). The van der Waals surface area contributed by atoms with Crippen molar-refractivity contribution < 1.29 is 14.3 Å². The van der Waals surface area contributed by atoms with E-state index in [1.54, 1.807) is 37.4 Å². The van der Waals surface area contributed by atoms with Crippen LogP contribution in [0.15, 0.2) is 83.8 Å². The van der Waals surface area contributed by atoms with E-state index in [1.165, 1.54) is 28.7 Å². The fraction of sp³-hybridized carbons (Fsp3) is 0.194. The zero-order valence-corrected chi connectivity index (χ0v) is 23.6. The second kappa shape index (κ2) is 12.8. The first-order valence-corrected chi connectivity index (χ1v) is 14.6. The summed E-state index contributed by atoms with van der Waals surface area (Å²) in [6.45, 7) is 2.50. The predicted molar refractivity (Wildman–Crippen MR) is 160 cm³/mol. The van der Waals surface area contributed by atoms with Gasteiger partial charge in [0.15, 0.2) is 0 Å². The molecule has 2 amide bonds. The lowest BCUT2D eigenvalue weighted by Gasteiger charge is -2.26. The van der Waals surface area contributed by atoms with Crippen molar-refractivity contribution in [3.8, 4) is 11.8 Å². The second-order valence-corrected chi connectivity index (χ2v) is 11.5. The minimum atomic E-state index is -0.244. The number of hydrogen-bond acceptors (Lipinski definition) is 7. The number of carbonyl (C=O) groups is 2. The normalized spacial score (nSPS) is 12.7. The van der Waals surface area contributed by atoms with E-state index in [0.717, 1.165) is 41.4 Å². The molecule has 2 heterocycles. The van der Waals surface area contributed by atoms with Gasteiger partial charge in [-0.1, -0.05) is 42.5 Å². The third kappa shape index (κ3) is 6.72. The molecule has 0 aliphatic carbocycles. The van der Waals surface area contributed by atoms with Crippen LogP contribution in [-0.4, -0.2) is 36.1 Å². The lowest BCUT2D eigenvalue weighted by Crippen LogP contribution is -2.29. The number of ether oxygens (including phenoxy) is 1. The Morgan fingerprint density at radius 1 is 1.05 bits per heavy atom. The summed E-state index contributed by atoms with van der Waals surface area (Å²) in [5.41, 5.74) is 4.03. The number of anilines is 2. The zero-order valence-electron chi connectivity index (χ0n) is 22.0. The Morgan fingerprint density at radius 2 is 1.88 bits per heavy atom. The molecule has 0 spiro atoms. The van der Waals surface area contributed by atoms with E-state index in [0.29, 0.717) is 27.6 Å². The molecule has 0 fully saturated rings. The van der Waals surface area contributed by atoms with Crippen LogP contribution in [0.1, 0.15) is 31.9 Å². The standard InChI is InChI=1S/C31H28N4O3S2/c1-38-24-11-5-9-22(15-24)30(37)33-23-10-6-12-25(16-23)39-20-29(36)34-31-27(17-32)26-13-14-35(19-28(26)40-31)18-21-7-3-2-4-8-21/h2-12,15-16H,13-14,18-20H2,1H3,(H,33,37)(H,34,36). The molecular weight excluding hydrogens is 541 g/mol. The van der Waals surface area contributed by atoms with E-state index >= 15 is 0 Å². The molecule has 7 nitrogen and oxygen atoms in total. The number of nitrogens with zero attached hydrogens (tertiary/aromatic N) is 2. The number of amides is 2. The summed E-state index contributed by atoms with van der Waals surface area (Å²) in [6.07, 6.45) is 0.792. The molecule has 40 heavy (non-hydrogen) atoms. The third-order valence-corrected chi connectivity index (χ3v) is 8.67. The highest BCUT2D eigenvalue weighted by Crippen LogP contribution is 2.37. The number of carbonyl (C=O) groups excluding carboxylic acids is 2. The molecule has 1 aromatic heterocycles. The first-order valence-electron chi connectivity index (χ1n) is 12.8. The molecule has 2 N–H and O–H groups in total. The van der Waals surface area contributed by atoms with Crippen molar-refractivity contribution in [3.05, 3.63) is 106 Å². The third-order valence-electron chi connectivity index (χ3n) is 6.54. The van der Waals surface area contributed by atoms with Crippen LogP contribution in [0.25, 0.3) is 0 Å². The highest BCUT2D eigenvalue weighted by atomic mass is 32.2. The van der Waals surface area contributed by atoms with Crippen LogP contribution in [0, 0.1) is 11.3 Å². The van der Waals surface area contributed by atoms with Gasteiger partial charge in [-0.2, -0.15) is 5.26 Å². The number of thiophene rings is 1. The fourth-order valence-electron chi connectivity index (χ4n) is 4.58. The largest absolute Gasteiger partial charge is 0.497 e. The molecule has 0 bridgehead atoms. The van der Waals surface area contributed by atoms with Crippen molar-refractivity contribution in [3.63, 3.8) is 0 Å². The van der Waals surface area contributed by atoms with Crippen LogP contribution in [0.5, 0.6) is 5.75 Å². The Morgan fingerprint density at radius 3 is 2.67 bits per heavy atom. The topological polar surface area (TPSA) is 94.5 Å². The van der Waals surface area contributed by atoms with Gasteiger partial charge in [-0.15, -0.1) is 23.1 Å². The van der Waals surface area contributed by atoms with Gasteiger partial charge in [-0.3, -0.25) is 14.5 Å². The van der Waals surface area contributed by atoms with Crippen molar-refractivity contribution in [2.75, 3.05) is 30.0 Å². The molecule has 1 aliphatic rings. The van der Waals surface area contributed by atoms with Crippen LogP contribution in [-0.2, 0) is 24.3 Å². The molecule has 0 saturated heterocycles. The van der Waals surface area contributed by atoms with Gasteiger partial charge in [0, 0.05) is 40.7 Å². The van der Waals surface area contributed by atoms with Gasteiger partial charge in [0.25, 0.3) is 5.91 Å². The van der Waals surface area contributed by atoms with E-state index in [1.807, 2.05) is 36.4 Å². The maximum Gasteiger partial charge on any atom is 0.255 e. The van der Waals surface area contributed by atoms with Crippen LogP contribution >= 0.6 is 23.1 Å². The van der Waals surface area contributed by atoms with E-state index in [9.17, 15) is 14.9 Å². The Hall–Kier alpha value is -4.10. The Balaban J connectivity index is 1.18. The minimum Gasteiger partial charge on any atom is -0.497 e. The summed E-state index contributed by atoms with van der Waals surface area (Å²) in [5.74, 6) is 0.374. The molecule has 202 valence electrons. The first kappa shape index (κ1) is 27.5. The molecule has 0 saturated carbocycles. The number of thioether (sulfide) groups is 1. The number of fused-ring (bicyclic) bond motifs is 1. The molecule has 0 radical (unpaired) electrons. The summed E-state index contributed by atoms with van der Waals surface area (Å²) < 4.78 is 5.20. The first-order chi connectivity index (χ1) is 19.5. The Labute approximate surface area is 241 Å². The van der Waals surface area contributed by atoms with Crippen molar-refractivity contribution in [2.24, 2.45) is 0 Å². The number of rotatable bonds is 9. The van der Waals surface area contributed by atoms with E-state index in [2.05, 4.69) is 33.7 Å². The van der Waals surface area contributed by atoms with Crippen molar-refractivity contribution in [1.82, 2.24) is 4.90 Å². The molecule has 3 aromatic carbocycles. The lowest BCUT2D eigenvalue weighted by atomic mass is 10.0. The minimum absolute atomic E-state index is 0.174. The number of nitrogens with one attached hydrogen (secondary N) is 2. The molecule has 0 unspecified atom stereocenters. The van der Waals surface area contributed by atoms with Crippen molar-refractivity contribution in [1.29, 1.82) is 5.26 Å². The summed E-state index contributed by atoms with van der Waals surface area (Å²) >= 11 is 2.87. The maximum atomic E-state index is 12.9. The van der Waals surface area contributed by atoms with Crippen LogP contribution in [0.2, 0.25) is 0 Å². The van der Waals surface area contributed by atoms with E-state index in [-0.39, 0.29) is 17.6 Å². The number of benzene rings is 3. The van der Waals surface area contributed by atoms with Crippen LogP contribution < -0.4 is 15.4 Å². The van der Waals surface area contributed by atoms with Crippen LogP contribution in [0.4, 0.5) is 10.7 Å². The van der Waals surface area contributed by atoms with Crippen molar-refractivity contribution >= 4 is 45.6 Å². The van der Waals surface area contributed by atoms with E-state index < -0.39 is 0 Å². The monoisotopic (exact) mass is 568 g/mol. The summed E-state index contributed by atoms with van der Waals surface area (Å²) in [6, 6.07) is 27.0. The van der Waals surface area contributed by atoms with Crippen molar-refractivity contribution in [2.45, 2.75) is 24.4 Å². The smallest absolute Gasteiger partial charge is 0.255 e. The number of methoxy groups -OCH3 is 1. The fourth-order valence-corrected chi connectivity index (χ4v) is 6.59. The highest BCUT2D eigenvalue weighted by Gasteiger charge is 2.25. The average Bonchev–Trinajstić information content (AvgIpc) is 3.32. The molecule has 1 aliphatic heterocycles. The zero-order chi connectivity index (χ0) is 27.9. The van der Waals surface area contributed by atoms with Gasteiger partial charge < -0.3 is 15.4 Å². The highest BCUT2D eigenvalue weighted by molar-refractivity contribution is 8.00. The van der Waals surface area contributed by atoms with Gasteiger partial charge in [-0.25, -0.2) is 0 Å². The molecule has 0 atom stereocenters. The van der Waals surface area contributed by atoms with Gasteiger partial charge in [0.05, 0.1) is 18.4 Å². The quantitative estimate of drug-likeness (QED) is 0.235. The predicted octanol–water partition coefficient (Wildman–Crippen LogP) is 6.17. The van der Waals surface area contributed by atoms with Gasteiger partial charge in [0.2, 0.25) is 5.91 Å². The van der Waals surface area contributed by atoms with E-state index in [4.69, 9.17) is 4.74 Å². The SMILES string of the molecule is COc1cccc(C(=O)Nc2cccc(SCC(=O)Nc3sc4c(c3C#N)CCN(Cc3ccccc3)C4)c2)c1. The Bertz CT molecular complexity index is 1560. The number of nitriles is 1. The second-order valence-electron chi connectivity index (χ2n) is 9.32. The van der Waals surface area contributed by atoms with Gasteiger partial charge in [-0.05, 0) is 53.9 Å². The summed E-state index contributed by atoms with van der Waals surface area (Å²) in [5, 5.41) is 16.3.